The third-order valence-corrected chi connectivity index (χ3v) is 3.40. The van der Waals surface area contributed by atoms with Crippen molar-refractivity contribution >= 4 is 29.9 Å². The van der Waals surface area contributed by atoms with E-state index in [2.05, 4.69) is 15.4 Å². The average molecular weight is 377 g/mol. The van der Waals surface area contributed by atoms with Crippen LogP contribution < -0.4 is 11.1 Å². The summed E-state index contributed by atoms with van der Waals surface area (Å²) >= 11 is 0. The fourth-order valence-corrected chi connectivity index (χ4v) is 2.41. The van der Waals surface area contributed by atoms with E-state index in [1.54, 1.807) is 0 Å². The van der Waals surface area contributed by atoms with E-state index in [4.69, 9.17) is 5.73 Å². The molecule has 1 heterocycles. The van der Waals surface area contributed by atoms with E-state index >= 15 is 0 Å². The number of hydrogen-bond donors (Lipinski definition) is 2. The minimum absolute atomic E-state index is 0. The van der Waals surface area contributed by atoms with Crippen LogP contribution in [0.15, 0.2) is 17.4 Å². The van der Waals surface area contributed by atoms with Crippen molar-refractivity contribution in [3.8, 4) is 0 Å². The largest absolute Gasteiger partial charge is 0.370 e. The Hall–Kier alpha value is -0.790. The van der Waals surface area contributed by atoms with Crippen molar-refractivity contribution in [3.63, 3.8) is 0 Å². The topological polar surface area (TPSA) is 68.2 Å². The van der Waals surface area contributed by atoms with Crippen molar-refractivity contribution in [2.24, 2.45) is 17.8 Å². The summed E-state index contributed by atoms with van der Waals surface area (Å²) in [6.07, 6.45) is 11.2. The first-order valence-corrected chi connectivity index (χ1v) is 6.78. The van der Waals surface area contributed by atoms with Gasteiger partial charge in [-0.2, -0.15) is 5.10 Å². The Bertz CT molecular complexity index is 395. The van der Waals surface area contributed by atoms with Gasteiger partial charge >= 0.3 is 0 Å². The summed E-state index contributed by atoms with van der Waals surface area (Å²) in [6, 6.07) is 0.529. The summed E-state index contributed by atoms with van der Waals surface area (Å²) in [5, 5.41) is 7.45. The lowest BCUT2D eigenvalue weighted by molar-refractivity contribution is 0.412. The van der Waals surface area contributed by atoms with E-state index in [-0.39, 0.29) is 24.0 Å². The molecule has 5 nitrogen and oxygen atoms in total. The summed E-state index contributed by atoms with van der Waals surface area (Å²) in [5.41, 5.74) is 7.09. The first-order valence-electron chi connectivity index (χ1n) is 6.78. The van der Waals surface area contributed by atoms with Crippen LogP contribution in [0, 0.1) is 0 Å². The number of halogens is 1. The van der Waals surface area contributed by atoms with Crippen LogP contribution in [0.25, 0.3) is 0 Å². The van der Waals surface area contributed by atoms with Gasteiger partial charge in [-0.15, -0.1) is 24.0 Å². The van der Waals surface area contributed by atoms with Gasteiger partial charge in [-0.25, -0.2) is 0 Å². The Morgan fingerprint density at radius 3 is 2.84 bits per heavy atom. The van der Waals surface area contributed by atoms with E-state index in [1.807, 2.05) is 24.1 Å². The van der Waals surface area contributed by atoms with Gasteiger partial charge < -0.3 is 11.1 Å². The van der Waals surface area contributed by atoms with Crippen molar-refractivity contribution in [3.05, 3.63) is 18.0 Å². The number of aryl methyl sites for hydroxylation is 1. The Morgan fingerprint density at radius 2 is 2.21 bits per heavy atom. The summed E-state index contributed by atoms with van der Waals surface area (Å²) in [7, 11) is 1.92. The van der Waals surface area contributed by atoms with Crippen molar-refractivity contribution in [2.75, 3.05) is 6.54 Å². The standard InChI is InChI=1S/C13H23N5.HI/c1-18-10-11(9-16-18)7-8-15-13(14)17-12-5-3-2-4-6-12;/h9-10,12H,2-8H2,1H3,(H3,14,15,17);1H. The molecule has 3 N–H and O–H groups in total. The summed E-state index contributed by atoms with van der Waals surface area (Å²) in [4.78, 5) is 4.37. The van der Waals surface area contributed by atoms with Gasteiger partial charge in [0, 0.05) is 25.8 Å². The van der Waals surface area contributed by atoms with Crippen molar-refractivity contribution in [2.45, 2.75) is 44.6 Å². The molecule has 2 rings (SSSR count). The zero-order valence-electron chi connectivity index (χ0n) is 11.5. The Labute approximate surface area is 132 Å². The molecule has 1 saturated carbocycles. The molecule has 1 aromatic heterocycles. The van der Waals surface area contributed by atoms with Crippen LogP contribution in [0.2, 0.25) is 0 Å². The molecular weight excluding hydrogens is 353 g/mol. The zero-order chi connectivity index (χ0) is 12.8. The van der Waals surface area contributed by atoms with Crippen LogP contribution in [-0.2, 0) is 13.5 Å². The zero-order valence-corrected chi connectivity index (χ0v) is 13.8. The normalized spacial score (nSPS) is 17.0. The maximum Gasteiger partial charge on any atom is 0.188 e. The quantitative estimate of drug-likeness (QED) is 0.478. The fraction of sp³-hybridized carbons (Fsp3) is 0.692. The van der Waals surface area contributed by atoms with Gasteiger partial charge in [-0.05, 0) is 24.8 Å². The molecule has 0 spiro atoms. The highest BCUT2D eigenvalue weighted by atomic mass is 127. The minimum atomic E-state index is 0. The molecule has 1 aliphatic rings. The minimum Gasteiger partial charge on any atom is -0.370 e. The average Bonchev–Trinajstić information content (AvgIpc) is 2.76. The number of aromatic nitrogens is 2. The number of hydrogen-bond acceptors (Lipinski definition) is 2. The summed E-state index contributed by atoms with van der Waals surface area (Å²) < 4.78 is 1.81. The Kier molecular flexibility index (Phi) is 7.19. The van der Waals surface area contributed by atoms with Crippen molar-refractivity contribution < 1.29 is 0 Å². The molecule has 6 heteroatoms. The molecule has 0 bridgehead atoms. The van der Waals surface area contributed by atoms with Crippen molar-refractivity contribution in [1.82, 2.24) is 15.1 Å². The summed E-state index contributed by atoms with van der Waals surface area (Å²) in [5.74, 6) is 0.589. The molecule has 0 aromatic carbocycles. The molecule has 0 radical (unpaired) electrons. The van der Waals surface area contributed by atoms with Gasteiger partial charge in [0.25, 0.3) is 0 Å². The van der Waals surface area contributed by atoms with E-state index in [0.717, 1.165) is 13.0 Å². The summed E-state index contributed by atoms with van der Waals surface area (Å²) in [6.45, 7) is 0.719. The number of rotatable bonds is 4. The Morgan fingerprint density at radius 1 is 1.47 bits per heavy atom. The molecule has 0 atom stereocenters. The molecule has 108 valence electrons. The molecular formula is C13H24IN5. The van der Waals surface area contributed by atoms with E-state index < -0.39 is 0 Å². The van der Waals surface area contributed by atoms with E-state index in [0.29, 0.717) is 12.0 Å². The van der Waals surface area contributed by atoms with Gasteiger partial charge in [-0.3, -0.25) is 9.67 Å². The smallest absolute Gasteiger partial charge is 0.188 e. The molecule has 19 heavy (non-hydrogen) atoms. The molecule has 0 amide bonds. The second-order valence-corrected chi connectivity index (χ2v) is 5.02. The molecule has 0 aliphatic heterocycles. The first-order chi connectivity index (χ1) is 8.74. The highest BCUT2D eigenvalue weighted by Gasteiger charge is 2.13. The van der Waals surface area contributed by atoms with Crippen LogP contribution in [0.3, 0.4) is 0 Å². The second kappa shape index (κ2) is 8.39. The van der Waals surface area contributed by atoms with Crippen LogP contribution in [0.1, 0.15) is 37.7 Å². The molecule has 0 saturated heterocycles. The van der Waals surface area contributed by atoms with Crippen LogP contribution in [0.5, 0.6) is 0 Å². The lowest BCUT2D eigenvalue weighted by Gasteiger charge is -2.23. The fourth-order valence-electron chi connectivity index (χ4n) is 2.41. The number of aliphatic imine (C=N–C) groups is 1. The molecule has 1 aliphatic carbocycles. The van der Waals surface area contributed by atoms with Gasteiger partial charge in [0.15, 0.2) is 5.96 Å². The maximum atomic E-state index is 5.89. The second-order valence-electron chi connectivity index (χ2n) is 5.02. The predicted molar refractivity (Wildman–Crippen MR) is 88.8 cm³/mol. The monoisotopic (exact) mass is 377 g/mol. The maximum absolute atomic E-state index is 5.89. The molecule has 0 unspecified atom stereocenters. The van der Waals surface area contributed by atoms with Gasteiger partial charge in [0.1, 0.15) is 0 Å². The molecule has 1 aromatic rings. The van der Waals surface area contributed by atoms with Crippen LogP contribution >= 0.6 is 24.0 Å². The predicted octanol–water partition coefficient (Wildman–Crippen LogP) is 1.82. The lowest BCUT2D eigenvalue weighted by Crippen LogP contribution is -2.41. The van der Waals surface area contributed by atoms with E-state index in [9.17, 15) is 0 Å². The number of nitrogens with one attached hydrogen (secondary N) is 1. The van der Waals surface area contributed by atoms with Crippen molar-refractivity contribution in [1.29, 1.82) is 0 Å². The lowest BCUT2D eigenvalue weighted by atomic mass is 9.96. The first kappa shape index (κ1) is 16.3. The SMILES string of the molecule is Cn1cc(CCN=C(N)NC2CCCCC2)cn1.I. The third kappa shape index (κ3) is 5.80. The highest BCUT2D eigenvalue weighted by Crippen LogP contribution is 2.16. The Balaban J connectivity index is 0.00000180. The highest BCUT2D eigenvalue weighted by molar-refractivity contribution is 14.0. The number of nitrogens with zero attached hydrogens (tertiary/aromatic N) is 3. The van der Waals surface area contributed by atoms with Gasteiger partial charge in [0.2, 0.25) is 0 Å². The van der Waals surface area contributed by atoms with Crippen LogP contribution in [0.4, 0.5) is 0 Å². The van der Waals surface area contributed by atoms with Gasteiger partial charge in [0.05, 0.1) is 6.20 Å². The van der Waals surface area contributed by atoms with Crippen LogP contribution in [-0.4, -0.2) is 28.3 Å². The number of nitrogens with two attached hydrogens (primary N) is 1. The number of guanidine groups is 1. The van der Waals surface area contributed by atoms with Gasteiger partial charge in [-0.1, -0.05) is 19.3 Å². The third-order valence-electron chi connectivity index (χ3n) is 3.40. The van der Waals surface area contributed by atoms with E-state index in [1.165, 1.54) is 37.7 Å². The molecule has 1 fully saturated rings.